The standard InChI is InChI=1S/C13H28N2/c1-5-8-9-15-10-12(4)14-11-13(15,6-2)7-3/h12,14H,5-11H2,1-4H3. The first-order valence-corrected chi connectivity index (χ1v) is 6.67. The van der Waals surface area contributed by atoms with Crippen LogP contribution in [0.3, 0.4) is 0 Å². The summed E-state index contributed by atoms with van der Waals surface area (Å²) in [5, 5.41) is 3.64. The van der Waals surface area contributed by atoms with Gasteiger partial charge in [-0.1, -0.05) is 27.2 Å². The number of hydrogen-bond acceptors (Lipinski definition) is 2. The van der Waals surface area contributed by atoms with Crippen LogP contribution < -0.4 is 5.32 Å². The van der Waals surface area contributed by atoms with Crippen molar-refractivity contribution in [2.24, 2.45) is 0 Å². The lowest BCUT2D eigenvalue weighted by atomic mass is 9.87. The van der Waals surface area contributed by atoms with Crippen molar-refractivity contribution < 1.29 is 0 Å². The highest BCUT2D eigenvalue weighted by Gasteiger charge is 2.36. The Morgan fingerprint density at radius 2 is 1.93 bits per heavy atom. The Bertz CT molecular complexity index is 175. The minimum Gasteiger partial charge on any atom is -0.311 e. The van der Waals surface area contributed by atoms with Gasteiger partial charge >= 0.3 is 0 Å². The summed E-state index contributed by atoms with van der Waals surface area (Å²) >= 11 is 0. The van der Waals surface area contributed by atoms with Gasteiger partial charge in [0, 0.05) is 24.7 Å². The molecule has 0 spiro atoms. The molecule has 1 N–H and O–H groups in total. The van der Waals surface area contributed by atoms with Crippen molar-refractivity contribution in [3.05, 3.63) is 0 Å². The van der Waals surface area contributed by atoms with Crippen LogP contribution in [-0.2, 0) is 0 Å². The highest BCUT2D eigenvalue weighted by molar-refractivity contribution is 4.96. The lowest BCUT2D eigenvalue weighted by Crippen LogP contribution is -2.63. The van der Waals surface area contributed by atoms with E-state index in [1.54, 1.807) is 0 Å². The molecule has 1 atom stereocenters. The maximum atomic E-state index is 3.64. The summed E-state index contributed by atoms with van der Waals surface area (Å²) in [6, 6.07) is 0.660. The molecule has 2 nitrogen and oxygen atoms in total. The molecule has 90 valence electrons. The lowest BCUT2D eigenvalue weighted by molar-refractivity contribution is 0.0339. The fourth-order valence-corrected chi connectivity index (χ4v) is 2.69. The molecule has 0 bridgehead atoms. The molecular weight excluding hydrogens is 184 g/mol. The van der Waals surface area contributed by atoms with Gasteiger partial charge in [-0.25, -0.2) is 0 Å². The van der Waals surface area contributed by atoms with E-state index in [0.29, 0.717) is 11.6 Å². The van der Waals surface area contributed by atoms with Crippen LogP contribution in [-0.4, -0.2) is 36.1 Å². The largest absolute Gasteiger partial charge is 0.311 e. The summed E-state index contributed by atoms with van der Waals surface area (Å²) in [7, 11) is 0. The highest BCUT2D eigenvalue weighted by Crippen LogP contribution is 2.27. The molecule has 2 heteroatoms. The fraction of sp³-hybridized carbons (Fsp3) is 1.00. The molecule has 0 amide bonds. The molecule has 1 aliphatic rings. The molecule has 0 aromatic rings. The average Bonchev–Trinajstić information content (AvgIpc) is 2.27. The fourth-order valence-electron chi connectivity index (χ4n) is 2.69. The molecule has 0 radical (unpaired) electrons. The van der Waals surface area contributed by atoms with E-state index in [-0.39, 0.29) is 0 Å². The van der Waals surface area contributed by atoms with Crippen molar-refractivity contribution in [1.82, 2.24) is 10.2 Å². The van der Waals surface area contributed by atoms with E-state index < -0.39 is 0 Å². The van der Waals surface area contributed by atoms with Gasteiger partial charge in [-0.3, -0.25) is 4.90 Å². The third kappa shape index (κ3) is 2.94. The number of hydrogen-bond donors (Lipinski definition) is 1. The third-order valence-electron chi connectivity index (χ3n) is 4.04. The van der Waals surface area contributed by atoms with Crippen molar-refractivity contribution in [3.8, 4) is 0 Å². The van der Waals surface area contributed by atoms with Crippen molar-refractivity contribution in [1.29, 1.82) is 0 Å². The lowest BCUT2D eigenvalue weighted by Gasteiger charge is -2.49. The van der Waals surface area contributed by atoms with E-state index in [4.69, 9.17) is 0 Å². The van der Waals surface area contributed by atoms with Crippen LogP contribution >= 0.6 is 0 Å². The average molecular weight is 212 g/mol. The topological polar surface area (TPSA) is 15.3 Å². The monoisotopic (exact) mass is 212 g/mol. The number of nitrogens with one attached hydrogen (secondary N) is 1. The van der Waals surface area contributed by atoms with E-state index in [9.17, 15) is 0 Å². The predicted octanol–water partition coefficient (Wildman–Crippen LogP) is 2.64. The van der Waals surface area contributed by atoms with E-state index in [0.717, 1.165) is 0 Å². The van der Waals surface area contributed by atoms with Crippen LogP contribution in [0.1, 0.15) is 53.4 Å². The Labute approximate surface area is 95.4 Å². The molecule has 1 fully saturated rings. The normalized spacial score (nSPS) is 26.8. The first-order valence-electron chi connectivity index (χ1n) is 6.67. The zero-order valence-corrected chi connectivity index (χ0v) is 11.0. The smallest absolute Gasteiger partial charge is 0.0329 e. The quantitative estimate of drug-likeness (QED) is 0.753. The van der Waals surface area contributed by atoms with Gasteiger partial charge in [0.2, 0.25) is 0 Å². The third-order valence-corrected chi connectivity index (χ3v) is 4.04. The van der Waals surface area contributed by atoms with E-state index in [1.807, 2.05) is 0 Å². The highest BCUT2D eigenvalue weighted by atomic mass is 15.3. The Kier molecular flexibility index (Phi) is 5.07. The maximum absolute atomic E-state index is 3.64. The Balaban J connectivity index is 2.64. The first kappa shape index (κ1) is 13.0. The molecule has 1 aliphatic heterocycles. The molecule has 0 aliphatic carbocycles. The van der Waals surface area contributed by atoms with Gasteiger partial charge in [-0.15, -0.1) is 0 Å². The van der Waals surface area contributed by atoms with Crippen molar-refractivity contribution in [2.45, 2.75) is 65.0 Å². The van der Waals surface area contributed by atoms with Gasteiger partial charge in [-0.05, 0) is 32.7 Å². The molecule has 1 saturated heterocycles. The van der Waals surface area contributed by atoms with E-state index in [1.165, 1.54) is 45.3 Å². The SMILES string of the molecule is CCCCN1CC(C)NCC1(CC)CC. The molecule has 1 rings (SSSR count). The van der Waals surface area contributed by atoms with E-state index >= 15 is 0 Å². The first-order chi connectivity index (χ1) is 7.18. The van der Waals surface area contributed by atoms with Gasteiger partial charge in [0.25, 0.3) is 0 Å². The number of nitrogens with zero attached hydrogens (tertiary/aromatic N) is 1. The predicted molar refractivity (Wildman–Crippen MR) is 67.3 cm³/mol. The number of unbranched alkanes of at least 4 members (excludes halogenated alkanes) is 1. The molecule has 0 aromatic carbocycles. The van der Waals surface area contributed by atoms with Crippen LogP contribution in [0.4, 0.5) is 0 Å². The summed E-state index contributed by atoms with van der Waals surface area (Å²) in [6.45, 7) is 12.9. The van der Waals surface area contributed by atoms with Crippen LogP contribution in [0.15, 0.2) is 0 Å². The second-order valence-electron chi connectivity index (χ2n) is 5.01. The summed E-state index contributed by atoms with van der Waals surface area (Å²) in [5.41, 5.74) is 0.432. The van der Waals surface area contributed by atoms with Gasteiger partial charge in [-0.2, -0.15) is 0 Å². The molecule has 0 aromatic heterocycles. The van der Waals surface area contributed by atoms with Crippen LogP contribution in [0, 0.1) is 0 Å². The second kappa shape index (κ2) is 5.86. The molecule has 1 heterocycles. The minimum atomic E-state index is 0.432. The summed E-state index contributed by atoms with van der Waals surface area (Å²) in [5.74, 6) is 0. The molecule has 0 saturated carbocycles. The van der Waals surface area contributed by atoms with Gasteiger partial charge < -0.3 is 5.32 Å². The Morgan fingerprint density at radius 1 is 1.27 bits per heavy atom. The van der Waals surface area contributed by atoms with Crippen LogP contribution in [0.2, 0.25) is 0 Å². The van der Waals surface area contributed by atoms with Crippen LogP contribution in [0.25, 0.3) is 0 Å². The minimum absolute atomic E-state index is 0.432. The zero-order chi connectivity index (χ0) is 11.3. The zero-order valence-electron chi connectivity index (χ0n) is 11.0. The van der Waals surface area contributed by atoms with Crippen molar-refractivity contribution >= 4 is 0 Å². The van der Waals surface area contributed by atoms with Gasteiger partial charge in [0.15, 0.2) is 0 Å². The Hall–Kier alpha value is -0.0800. The van der Waals surface area contributed by atoms with Crippen molar-refractivity contribution in [2.75, 3.05) is 19.6 Å². The molecule has 15 heavy (non-hydrogen) atoms. The molecule has 1 unspecified atom stereocenters. The van der Waals surface area contributed by atoms with Gasteiger partial charge in [0.05, 0.1) is 0 Å². The Morgan fingerprint density at radius 3 is 2.47 bits per heavy atom. The summed E-state index contributed by atoms with van der Waals surface area (Å²) in [6.07, 6.45) is 5.19. The summed E-state index contributed by atoms with van der Waals surface area (Å²) < 4.78 is 0. The van der Waals surface area contributed by atoms with E-state index in [2.05, 4.69) is 37.9 Å². The number of rotatable bonds is 5. The molecular formula is C13H28N2. The van der Waals surface area contributed by atoms with Gasteiger partial charge in [0.1, 0.15) is 0 Å². The number of piperazine rings is 1. The second-order valence-corrected chi connectivity index (χ2v) is 5.01. The summed E-state index contributed by atoms with van der Waals surface area (Å²) in [4.78, 5) is 2.73. The van der Waals surface area contributed by atoms with Crippen LogP contribution in [0.5, 0.6) is 0 Å². The maximum Gasteiger partial charge on any atom is 0.0329 e. The van der Waals surface area contributed by atoms with Crippen molar-refractivity contribution in [3.63, 3.8) is 0 Å².